The van der Waals surface area contributed by atoms with Gasteiger partial charge >= 0.3 is 35.0 Å². The van der Waals surface area contributed by atoms with Crippen LogP contribution in [0.3, 0.4) is 0 Å². The van der Waals surface area contributed by atoms with Crippen molar-refractivity contribution < 1.29 is 21.0 Å². The molecule has 0 amide bonds. The molecule has 6 aromatic carbocycles. The zero-order chi connectivity index (χ0) is 29.2. The predicted molar refractivity (Wildman–Crippen MR) is 185 cm³/mol. The second-order valence-corrected chi connectivity index (χ2v) is 16.0. The van der Waals surface area contributed by atoms with Gasteiger partial charge in [-0.25, -0.2) is 0 Å². The molecule has 0 unspecified atom stereocenters. The third-order valence-corrected chi connectivity index (χ3v) is 12.5. The molecule has 6 rings (SSSR count). The summed E-state index contributed by atoms with van der Waals surface area (Å²) in [5.41, 5.74) is 0. The van der Waals surface area contributed by atoms with Gasteiger partial charge in [-0.15, -0.1) is 0 Å². The third-order valence-electron chi connectivity index (χ3n) is 6.40. The monoisotopic (exact) mass is 782 g/mol. The number of benzene rings is 6. The molecule has 210 valence electrons. The van der Waals surface area contributed by atoms with Crippen molar-refractivity contribution in [3.05, 3.63) is 182 Å². The molecular weight excluding hydrogens is 750 g/mol. The Morgan fingerprint density at radius 3 is 0.619 bits per heavy atom. The molecule has 0 aliphatic heterocycles. The van der Waals surface area contributed by atoms with Crippen LogP contribution in [0.2, 0.25) is 0 Å². The number of halogens is 1. The fraction of sp³-hybridized carbons (Fsp3) is 0. The molecule has 0 heterocycles. The van der Waals surface area contributed by atoms with Crippen molar-refractivity contribution in [1.82, 2.24) is 0 Å². The first-order chi connectivity index (χ1) is 20.8. The van der Waals surface area contributed by atoms with Crippen molar-refractivity contribution in [3.8, 4) is 0 Å². The second-order valence-electron chi connectivity index (χ2n) is 9.08. The Labute approximate surface area is 263 Å². The minimum atomic E-state index is -0.877. The molecule has 0 saturated carbocycles. The van der Waals surface area contributed by atoms with Crippen molar-refractivity contribution in [2.45, 2.75) is 0 Å². The minimum Gasteiger partial charge on any atom is -0.0620 e. The molecule has 42 heavy (non-hydrogen) atoms. The maximum absolute atomic E-state index is 8.97. The number of carbonyl (C=O) groups excluding carboxylic acids is 1. The van der Waals surface area contributed by atoms with Gasteiger partial charge in [-0.05, 0) is 72.8 Å². The van der Waals surface area contributed by atoms with Gasteiger partial charge in [0, 0.05) is 0 Å². The van der Waals surface area contributed by atoms with Gasteiger partial charge in [0.15, 0.2) is 0 Å². The van der Waals surface area contributed by atoms with Crippen LogP contribution in [0.5, 0.6) is 0 Å². The minimum absolute atomic E-state index is 0.819. The summed E-state index contributed by atoms with van der Waals surface area (Å²) in [6.45, 7) is 0. The van der Waals surface area contributed by atoms with Crippen molar-refractivity contribution in [3.63, 3.8) is 0 Å². The van der Waals surface area contributed by atoms with E-state index in [1.807, 2.05) is 0 Å². The first-order valence-corrected chi connectivity index (χ1v) is 20.6. The molecule has 5 heteroatoms. The molecule has 0 radical (unpaired) electrons. The SMILES string of the molecule is O=[C]=[Ir][Cl].c1ccc([PH+](c2ccccc2)c2ccccc2)cc1.c1ccc([PH+](c2ccccc2)c2ccccc2)cc1. The average Bonchev–Trinajstić information content (AvgIpc) is 3.08. The Balaban J connectivity index is 0.000000171. The first-order valence-electron chi connectivity index (χ1n) is 13.5. The molecule has 6 aromatic rings. The Morgan fingerprint density at radius 2 is 0.500 bits per heavy atom. The number of hydrogen-bond donors (Lipinski definition) is 0. The molecule has 0 aliphatic carbocycles. The first kappa shape index (κ1) is 31.6. The predicted octanol–water partition coefficient (Wildman–Crippen LogP) is 6.64. The van der Waals surface area contributed by atoms with Crippen LogP contribution in [0.1, 0.15) is 0 Å². The van der Waals surface area contributed by atoms with Gasteiger partial charge in [0.05, 0.1) is 15.8 Å². The molecule has 0 aromatic heterocycles. The summed E-state index contributed by atoms with van der Waals surface area (Å²) in [6, 6.07) is 65.0. The van der Waals surface area contributed by atoms with Crippen LogP contribution in [0.25, 0.3) is 0 Å². The average molecular weight is 782 g/mol. The standard InChI is InChI=1S/2C18H15P.CO.ClH.Ir/c2*1-4-10-16(11-5-1)19(17-12-6-2-7-13-17)18-14-8-3-9-15-18;1-2;;/h2*1-15H;;1H;/q;;;;+1/p+1. The van der Waals surface area contributed by atoms with Gasteiger partial charge < -0.3 is 0 Å². The van der Waals surface area contributed by atoms with Gasteiger partial charge in [0.25, 0.3) is 0 Å². The molecular formula is C37H32ClIrOP2+2. The number of rotatable bonds is 6. The summed E-state index contributed by atoms with van der Waals surface area (Å²) < 4.78 is 1.57. The van der Waals surface area contributed by atoms with E-state index in [1.54, 1.807) is 4.39 Å². The zero-order valence-electron chi connectivity index (χ0n) is 22.9. The van der Waals surface area contributed by atoms with Gasteiger partial charge in [0.2, 0.25) is 0 Å². The van der Waals surface area contributed by atoms with Crippen LogP contribution in [0.4, 0.5) is 0 Å². The van der Waals surface area contributed by atoms with E-state index in [-0.39, 0.29) is 0 Å². The fourth-order valence-corrected chi connectivity index (χ4v) is 9.78. The molecule has 0 bridgehead atoms. The van der Waals surface area contributed by atoms with E-state index in [4.69, 9.17) is 14.4 Å². The topological polar surface area (TPSA) is 17.1 Å². The van der Waals surface area contributed by atoms with Crippen molar-refractivity contribution in [1.29, 1.82) is 0 Å². The normalized spacial score (nSPS) is 10.2. The Kier molecular flexibility index (Phi) is 13.8. The summed E-state index contributed by atoms with van der Waals surface area (Å²) in [6.07, 6.45) is 0. The molecule has 0 atom stereocenters. The molecule has 0 fully saturated rings. The van der Waals surface area contributed by atoms with E-state index in [0.29, 0.717) is 0 Å². The Bertz CT molecular complexity index is 1310. The summed E-state index contributed by atoms with van der Waals surface area (Å²) in [7, 11) is 3.13. The van der Waals surface area contributed by atoms with Crippen molar-refractivity contribution in [2.75, 3.05) is 0 Å². The van der Waals surface area contributed by atoms with Crippen LogP contribution in [0.15, 0.2) is 182 Å². The van der Waals surface area contributed by atoms with Crippen LogP contribution in [-0.4, -0.2) is 4.39 Å². The Hall–Kier alpha value is -3.30. The van der Waals surface area contributed by atoms with Gasteiger partial charge in [-0.1, -0.05) is 109 Å². The number of hydrogen-bond acceptors (Lipinski definition) is 1. The molecule has 0 spiro atoms. The summed E-state index contributed by atoms with van der Waals surface area (Å²) in [5.74, 6) is 0. The summed E-state index contributed by atoms with van der Waals surface area (Å²) in [4.78, 5) is 8.97. The van der Waals surface area contributed by atoms with Crippen LogP contribution in [0, 0.1) is 0 Å². The maximum atomic E-state index is 8.97. The van der Waals surface area contributed by atoms with Gasteiger partial charge in [-0.3, -0.25) is 0 Å². The largest absolute Gasteiger partial charge is 0.102 e. The maximum Gasteiger partial charge on any atom is 0.102 e. The van der Waals surface area contributed by atoms with E-state index in [1.165, 1.54) is 31.8 Å². The quantitative estimate of drug-likeness (QED) is 0.173. The Morgan fingerprint density at radius 1 is 0.357 bits per heavy atom. The molecule has 1 nitrogen and oxygen atoms in total. The molecule has 0 aliphatic rings. The summed E-state index contributed by atoms with van der Waals surface area (Å²) >= 11 is -0.819. The van der Waals surface area contributed by atoms with Crippen LogP contribution < -0.4 is 31.8 Å². The fourth-order valence-electron chi connectivity index (χ4n) is 4.63. The zero-order valence-corrected chi connectivity index (χ0v) is 28.1. The van der Waals surface area contributed by atoms with Gasteiger partial charge in [-0.2, -0.15) is 0 Å². The van der Waals surface area contributed by atoms with Crippen LogP contribution in [-0.2, 0) is 21.0 Å². The van der Waals surface area contributed by atoms with Crippen LogP contribution >= 0.6 is 25.4 Å². The van der Waals surface area contributed by atoms with E-state index < -0.39 is 32.1 Å². The molecule has 0 N–H and O–H groups in total. The third kappa shape index (κ3) is 9.63. The second kappa shape index (κ2) is 18.3. The van der Waals surface area contributed by atoms with Crippen molar-refractivity contribution >= 4 is 61.6 Å². The van der Waals surface area contributed by atoms with E-state index in [9.17, 15) is 0 Å². The van der Waals surface area contributed by atoms with E-state index >= 15 is 0 Å². The van der Waals surface area contributed by atoms with Crippen molar-refractivity contribution in [2.24, 2.45) is 0 Å². The molecule has 0 saturated heterocycles. The van der Waals surface area contributed by atoms with E-state index in [0.717, 1.165) is 0 Å². The summed E-state index contributed by atoms with van der Waals surface area (Å²) in [5, 5.41) is 8.61. The smallest absolute Gasteiger partial charge is 0.0620 e. The van der Waals surface area contributed by atoms with E-state index in [2.05, 4.69) is 182 Å². The van der Waals surface area contributed by atoms with Gasteiger partial charge in [0.1, 0.15) is 31.8 Å².